The molecule has 1 amide bonds. The minimum atomic E-state index is -0.536. The van der Waals surface area contributed by atoms with Crippen molar-refractivity contribution < 1.29 is 19.1 Å². The van der Waals surface area contributed by atoms with E-state index in [4.69, 9.17) is 9.47 Å². The van der Waals surface area contributed by atoms with E-state index in [-0.39, 0.29) is 18.3 Å². The van der Waals surface area contributed by atoms with Gasteiger partial charge in [0.25, 0.3) is 5.91 Å². The van der Waals surface area contributed by atoms with E-state index >= 15 is 0 Å². The summed E-state index contributed by atoms with van der Waals surface area (Å²) in [6, 6.07) is 38.0. The molecule has 0 spiro atoms. The van der Waals surface area contributed by atoms with Crippen LogP contribution in [0.25, 0.3) is 34.3 Å². The number of ether oxygens (including phenoxy) is 2. The van der Waals surface area contributed by atoms with E-state index in [1.807, 2.05) is 98.8 Å². The van der Waals surface area contributed by atoms with Crippen LogP contribution in [-0.2, 0) is 9.53 Å². The summed E-state index contributed by atoms with van der Waals surface area (Å²) in [4.78, 5) is 25.8. The first-order valence-electron chi connectivity index (χ1n) is 14.7. The third-order valence-electron chi connectivity index (χ3n) is 6.91. The number of aromatic nitrogens is 1. The summed E-state index contributed by atoms with van der Waals surface area (Å²) in [7, 11) is 0. The Hall–Kier alpha value is -5.87. The van der Waals surface area contributed by atoms with Crippen LogP contribution >= 0.6 is 0 Å². The molecule has 0 fully saturated rings. The van der Waals surface area contributed by atoms with Crippen molar-refractivity contribution in [3.8, 4) is 40.0 Å². The van der Waals surface area contributed by atoms with Crippen LogP contribution in [0.3, 0.4) is 0 Å². The molecule has 5 rings (SSSR count). The topological polar surface area (TPSA) is 93.4 Å². The molecule has 0 bridgehead atoms. The average molecular weight is 596 g/mol. The Morgan fingerprint density at radius 3 is 2.16 bits per heavy atom. The Morgan fingerprint density at radius 2 is 1.53 bits per heavy atom. The van der Waals surface area contributed by atoms with E-state index in [1.54, 1.807) is 43.3 Å². The fraction of sp³-hybridized carbons (Fsp3) is 0.132. The van der Waals surface area contributed by atoms with Gasteiger partial charge < -0.3 is 19.4 Å². The van der Waals surface area contributed by atoms with Crippen molar-refractivity contribution in [2.24, 2.45) is 0 Å². The summed E-state index contributed by atoms with van der Waals surface area (Å²) in [6.07, 6.45) is 1.59. The van der Waals surface area contributed by atoms with Gasteiger partial charge in [-0.3, -0.25) is 4.79 Å². The van der Waals surface area contributed by atoms with Crippen LogP contribution in [0.1, 0.15) is 36.7 Å². The molecule has 0 aliphatic heterocycles. The highest BCUT2D eigenvalue weighted by molar-refractivity contribution is 6.10. The third-order valence-corrected chi connectivity index (χ3v) is 6.91. The number of carbonyl (C=O) groups excluding carboxylic acids is 2. The zero-order valence-corrected chi connectivity index (χ0v) is 25.4. The lowest BCUT2D eigenvalue weighted by Gasteiger charge is -2.16. The number of carbonyl (C=O) groups is 2. The van der Waals surface area contributed by atoms with Gasteiger partial charge in [-0.25, -0.2) is 4.79 Å². The van der Waals surface area contributed by atoms with Gasteiger partial charge in [-0.05, 0) is 80.4 Å². The zero-order chi connectivity index (χ0) is 31.8. The van der Waals surface area contributed by atoms with Crippen molar-refractivity contribution in [1.82, 2.24) is 4.57 Å². The number of benzene rings is 4. The lowest BCUT2D eigenvalue weighted by Crippen LogP contribution is -2.14. The first-order chi connectivity index (χ1) is 21.9. The van der Waals surface area contributed by atoms with Crippen LogP contribution in [-0.4, -0.2) is 29.2 Å². The SMILES string of the molecule is CCOC(=O)c1ccc(-n2c(-c3ccccc3)cc(/C=C(\C#N)C(=O)Nc3cccc(OC(C)C)c3)c2-c2ccccc2)cc1. The molecular weight excluding hydrogens is 562 g/mol. The predicted octanol–water partition coefficient (Wildman–Crippen LogP) is 8.32. The van der Waals surface area contributed by atoms with Gasteiger partial charge in [0.15, 0.2) is 0 Å². The molecule has 7 nitrogen and oxygen atoms in total. The van der Waals surface area contributed by atoms with Gasteiger partial charge >= 0.3 is 5.97 Å². The molecule has 4 aromatic carbocycles. The Morgan fingerprint density at radius 1 is 0.867 bits per heavy atom. The second-order valence-electron chi connectivity index (χ2n) is 10.5. The number of hydrogen-bond donors (Lipinski definition) is 1. The van der Waals surface area contributed by atoms with Gasteiger partial charge in [0.05, 0.1) is 29.7 Å². The first-order valence-corrected chi connectivity index (χ1v) is 14.7. The Labute approximate surface area is 263 Å². The van der Waals surface area contributed by atoms with E-state index < -0.39 is 11.9 Å². The zero-order valence-electron chi connectivity index (χ0n) is 25.4. The Bertz CT molecular complexity index is 1870. The molecule has 0 aliphatic rings. The fourth-order valence-corrected chi connectivity index (χ4v) is 5.00. The maximum absolute atomic E-state index is 13.4. The van der Waals surface area contributed by atoms with Crippen molar-refractivity contribution in [3.05, 3.63) is 132 Å². The molecule has 7 heteroatoms. The smallest absolute Gasteiger partial charge is 0.338 e. The van der Waals surface area contributed by atoms with Crippen molar-refractivity contribution in [1.29, 1.82) is 5.26 Å². The number of esters is 1. The highest BCUT2D eigenvalue weighted by atomic mass is 16.5. The normalized spacial score (nSPS) is 11.1. The minimum Gasteiger partial charge on any atom is -0.491 e. The monoisotopic (exact) mass is 595 g/mol. The maximum Gasteiger partial charge on any atom is 0.338 e. The first kappa shape index (κ1) is 30.6. The average Bonchev–Trinajstić information content (AvgIpc) is 3.43. The number of nitrogens with zero attached hydrogens (tertiary/aromatic N) is 2. The van der Waals surface area contributed by atoms with Crippen LogP contribution in [0.4, 0.5) is 5.69 Å². The summed E-state index contributed by atoms with van der Waals surface area (Å²) < 4.78 is 13.0. The van der Waals surface area contributed by atoms with Gasteiger partial charge in [0.2, 0.25) is 0 Å². The lowest BCUT2D eigenvalue weighted by atomic mass is 10.0. The number of anilines is 1. The molecule has 0 saturated carbocycles. The largest absolute Gasteiger partial charge is 0.491 e. The molecule has 45 heavy (non-hydrogen) atoms. The summed E-state index contributed by atoms with van der Waals surface area (Å²) >= 11 is 0. The van der Waals surface area contributed by atoms with Gasteiger partial charge in [-0.15, -0.1) is 0 Å². The van der Waals surface area contributed by atoms with Gasteiger partial charge in [0, 0.05) is 23.0 Å². The van der Waals surface area contributed by atoms with Crippen LogP contribution in [0.2, 0.25) is 0 Å². The number of nitrogens with one attached hydrogen (secondary N) is 1. The Kier molecular flexibility index (Phi) is 9.56. The highest BCUT2D eigenvalue weighted by Gasteiger charge is 2.21. The number of rotatable bonds is 10. The fourth-order valence-electron chi connectivity index (χ4n) is 5.00. The van der Waals surface area contributed by atoms with E-state index in [1.165, 1.54) is 0 Å². The van der Waals surface area contributed by atoms with Crippen LogP contribution in [0.5, 0.6) is 5.75 Å². The van der Waals surface area contributed by atoms with Crippen molar-refractivity contribution in [2.75, 3.05) is 11.9 Å². The lowest BCUT2D eigenvalue weighted by molar-refractivity contribution is -0.112. The number of hydrogen-bond acceptors (Lipinski definition) is 5. The summed E-state index contributed by atoms with van der Waals surface area (Å²) in [5, 5.41) is 13.0. The second kappa shape index (κ2) is 14.1. The standard InChI is InChI=1S/C38H33N3O4/c1-4-44-38(43)29-18-20-33(21-19-29)41-35(27-12-7-5-8-13-27)23-30(36(41)28-14-9-6-10-15-28)22-31(25-39)37(42)40-32-16-11-17-34(24-32)45-26(2)3/h5-24,26H,4H2,1-3H3,(H,40,42)/b31-22+. The maximum atomic E-state index is 13.4. The summed E-state index contributed by atoms with van der Waals surface area (Å²) in [5.74, 6) is -0.307. The highest BCUT2D eigenvalue weighted by Crippen LogP contribution is 2.37. The van der Waals surface area contributed by atoms with E-state index in [9.17, 15) is 14.9 Å². The van der Waals surface area contributed by atoms with Gasteiger partial charge in [-0.1, -0.05) is 66.7 Å². The summed E-state index contributed by atoms with van der Waals surface area (Å²) in [5.41, 5.74) is 5.84. The van der Waals surface area contributed by atoms with Crippen molar-refractivity contribution in [2.45, 2.75) is 26.9 Å². The van der Waals surface area contributed by atoms with Crippen LogP contribution in [0.15, 0.2) is 121 Å². The minimum absolute atomic E-state index is 0.0221. The van der Waals surface area contributed by atoms with E-state index in [0.717, 1.165) is 28.2 Å². The van der Waals surface area contributed by atoms with E-state index in [2.05, 4.69) is 16.0 Å². The van der Waals surface area contributed by atoms with Crippen molar-refractivity contribution in [3.63, 3.8) is 0 Å². The second-order valence-corrected chi connectivity index (χ2v) is 10.5. The van der Waals surface area contributed by atoms with Gasteiger partial charge in [-0.2, -0.15) is 5.26 Å². The summed E-state index contributed by atoms with van der Waals surface area (Å²) in [6.45, 7) is 5.91. The Balaban J connectivity index is 1.65. The molecule has 0 unspecified atom stereocenters. The molecule has 0 aliphatic carbocycles. The molecular formula is C38H33N3O4. The quantitative estimate of drug-likeness (QED) is 0.0996. The van der Waals surface area contributed by atoms with Crippen LogP contribution < -0.4 is 10.1 Å². The molecule has 1 heterocycles. The molecule has 0 saturated heterocycles. The predicted molar refractivity (Wildman–Crippen MR) is 177 cm³/mol. The molecule has 1 N–H and O–H groups in total. The molecule has 224 valence electrons. The van der Waals surface area contributed by atoms with E-state index in [0.29, 0.717) is 22.6 Å². The molecule has 0 atom stereocenters. The molecule has 1 aromatic heterocycles. The number of amides is 1. The number of nitriles is 1. The molecule has 5 aromatic rings. The van der Waals surface area contributed by atoms with Crippen molar-refractivity contribution >= 4 is 23.6 Å². The molecule has 0 radical (unpaired) electrons. The van der Waals surface area contributed by atoms with Gasteiger partial charge in [0.1, 0.15) is 17.4 Å². The third kappa shape index (κ3) is 7.20. The van der Waals surface area contributed by atoms with Crippen LogP contribution in [0, 0.1) is 11.3 Å².